The molecule has 0 amide bonds. The fourth-order valence-corrected chi connectivity index (χ4v) is 8.79. The lowest BCUT2D eigenvalue weighted by atomic mass is 9.89. The maximum absolute atomic E-state index is 6.81. The fraction of sp³-hybridized carbons (Fsp3) is 0.0357. The molecule has 0 aromatic heterocycles. The van der Waals surface area contributed by atoms with Gasteiger partial charge in [0.15, 0.2) is 0 Å². The van der Waals surface area contributed by atoms with Crippen LogP contribution in [0.3, 0.4) is 0 Å². The Morgan fingerprint density at radius 2 is 0.780 bits per heavy atom. The monoisotopic (exact) mass is 756 g/mol. The molecule has 1 aliphatic heterocycles. The van der Waals surface area contributed by atoms with Gasteiger partial charge in [-0.15, -0.1) is 0 Å². The molecule has 0 saturated carbocycles. The number of hydrogen-bond donors (Lipinski definition) is 0. The van der Waals surface area contributed by atoms with E-state index in [0.717, 1.165) is 45.3 Å². The molecule has 3 heteroatoms. The van der Waals surface area contributed by atoms with E-state index < -0.39 is 0 Å². The largest absolute Gasteiger partial charge is 0.485 e. The molecule has 59 heavy (non-hydrogen) atoms. The van der Waals surface area contributed by atoms with Gasteiger partial charge in [0.25, 0.3) is 0 Å². The minimum atomic E-state index is -0.0803. The van der Waals surface area contributed by atoms with Crippen molar-refractivity contribution in [3.8, 4) is 28.0 Å². The quantitative estimate of drug-likeness (QED) is 0.154. The van der Waals surface area contributed by atoms with Crippen LogP contribution in [-0.4, -0.2) is 6.10 Å². The highest BCUT2D eigenvalue weighted by atomic mass is 16.5. The molecule has 0 saturated heterocycles. The predicted octanol–water partition coefficient (Wildman–Crippen LogP) is 13.2. The molecule has 0 N–H and O–H groups in total. The van der Waals surface area contributed by atoms with Gasteiger partial charge in [-0.05, 0) is 134 Å². The van der Waals surface area contributed by atoms with E-state index in [-0.39, 0.29) is 12.0 Å². The number of ether oxygens (including phenoxy) is 1. The third-order valence-corrected chi connectivity index (χ3v) is 11.7. The number of hydrogen-bond acceptors (Lipinski definition) is 3. The molecule has 3 nitrogen and oxygen atoms in total. The first-order valence-electron chi connectivity index (χ1n) is 20.3. The highest BCUT2D eigenvalue weighted by Crippen LogP contribution is 2.45. The second-order valence-corrected chi connectivity index (χ2v) is 15.3. The van der Waals surface area contributed by atoms with E-state index in [1.807, 2.05) is 0 Å². The van der Waals surface area contributed by atoms with Crippen molar-refractivity contribution in [1.82, 2.24) is 0 Å². The van der Waals surface area contributed by atoms with E-state index in [4.69, 9.17) is 4.74 Å². The minimum Gasteiger partial charge on any atom is -0.485 e. The van der Waals surface area contributed by atoms with Crippen LogP contribution in [0.1, 0.15) is 11.5 Å². The maximum atomic E-state index is 6.81. The van der Waals surface area contributed by atoms with Crippen molar-refractivity contribution in [3.63, 3.8) is 0 Å². The summed E-state index contributed by atoms with van der Waals surface area (Å²) >= 11 is 0. The summed E-state index contributed by atoms with van der Waals surface area (Å²) in [6, 6.07) is 78.2. The van der Waals surface area contributed by atoms with Crippen LogP contribution in [0, 0.1) is 0 Å². The van der Waals surface area contributed by atoms with E-state index in [2.05, 4.69) is 240 Å². The molecule has 0 spiro atoms. The molecule has 2 aliphatic rings. The molecular weight excluding hydrogens is 717 g/mol. The van der Waals surface area contributed by atoms with Crippen LogP contribution in [0.15, 0.2) is 218 Å². The first kappa shape index (κ1) is 34.6. The lowest BCUT2D eigenvalue weighted by Crippen LogP contribution is -2.34. The summed E-state index contributed by atoms with van der Waals surface area (Å²) in [4.78, 5) is 4.66. The Morgan fingerprint density at radius 1 is 0.322 bits per heavy atom. The second kappa shape index (κ2) is 14.7. The molecular formula is C56H40N2O. The molecule has 9 aromatic carbocycles. The average Bonchev–Trinajstić information content (AvgIpc) is 3.65. The zero-order valence-electron chi connectivity index (χ0n) is 32.4. The summed E-state index contributed by atoms with van der Waals surface area (Å²) in [5.41, 5.74) is 12.7. The molecule has 2 atom stereocenters. The lowest BCUT2D eigenvalue weighted by Gasteiger charge is -2.26. The average molecular weight is 757 g/mol. The lowest BCUT2D eigenvalue weighted by molar-refractivity contribution is 0.288. The van der Waals surface area contributed by atoms with Crippen molar-refractivity contribution >= 4 is 57.0 Å². The van der Waals surface area contributed by atoms with Gasteiger partial charge in [-0.3, -0.25) is 0 Å². The van der Waals surface area contributed by atoms with Gasteiger partial charge in [0, 0.05) is 45.6 Å². The van der Waals surface area contributed by atoms with Crippen molar-refractivity contribution in [3.05, 3.63) is 234 Å². The Labute approximate surface area is 344 Å². The van der Waals surface area contributed by atoms with E-state index in [1.54, 1.807) is 0 Å². The van der Waals surface area contributed by atoms with Gasteiger partial charge in [0.05, 0.1) is 0 Å². The van der Waals surface area contributed by atoms with Crippen molar-refractivity contribution in [1.29, 1.82) is 0 Å². The normalized spacial score (nSPS) is 14.8. The number of fused-ring (bicyclic) bond motifs is 5. The molecule has 0 radical (unpaired) electrons. The van der Waals surface area contributed by atoms with Crippen LogP contribution in [0.2, 0.25) is 0 Å². The standard InChI is InChI=1S/C56H40N2O/c1-5-13-39(14-6-1)41-21-27-49(28-22-41)57(47-17-9-3-10-18-47)51-31-25-43-35-53-54-36-44-26-32-52(34-46(44)38-56(54)59-55(53)37-45(43)33-51)58(48-19-11-4-12-20-48)50-29-23-42(24-30-50)40-15-7-2-8-16-40/h1-38,53,55H. The van der Waals surface area contributed by atoms with Gasteiger partial charge in [-0.2, -0.15) is 0 Å². The zero-order valence-corrected chi connectivity index (χ0v) is 32.4. The number of benzene rings is 9. The third kappa shape index (κ3) is 6.53. The van der Waals surface area contributed by atoms with E-state index in [9.17, 15) is 0 Å². The third-order valence-electron chi connectivity index (χ3n) is 11.7. The number of para-hydroxylation sites is 2. The maximum Gasteiger partial charge on any atom is 0.128 e. The highest BCUT2D eigenvalue weighted by Gasteiger charge is 2.33. The van der Waals surface area contributed by atoms with Crippen LogP contribution in [0.5, 0.6) is 5.75 Å². The molecule has 11 rings (SSSR count). The zero-order chi connectivity index (χ0) is 39.1. The molecule has 0 bridgehead atoms. The van der Waals surface area contributed by atoms with Gasteiger partial charge >= 0.3 is 0 Å². The Hall–Kier alpha value is -7.62. The van der Waals surface area contributed by atoms with Crippen LogP contribution in [-0.2, 0) is 0 Å². The smallest absolute Gasteiger partial charge is 0.128 e. The summed E-state index contributed by atoms with van der Waals surface area (Å²) in [6.45, 7) is 0. The molecule has 9 aromatic rings. The molecule has 2 unspecified atom stereocenters. The van der Waals surface area contributed by atoms with Gasteiger partial charge in [-0.1, -0.05) is 140 Å². The van der Waals surface area contributed by atoms with Crippen molar-refractivity contribution < 1.29 is 4.74 Å². The SMILES string of the molecule is C1=c2ccc(N(c3ccccc3)c3ccc(-c4ccccc4)cc3)cc2=CC2Oc3cc4cc(N(c5ccccc5)c5ccc(-c6ccccc6)cc5)ccc4cc3C12. The Morgan fingerprint density at radius 3 is 1.34 bits per heavy atom. The summed E-state index contributed by atoms with van der Waals surface area (Å²) in [5.74, 6) is 1.10. The predicted molar refractivity (Wildman–Crippen MR) is 246 cm³/mol. The molecule has 1 aliphatic carbocycles. The molecule has 1 heterocycles. The van der Waals surface area contributed by atoms with Gasteiger partial charge in [0.1, 0.15) is 11.9 Å². The second-order valence-electron chi connectivity index (χ2n) is 15.3. The fourth-order valence-electron chi connectivity index (χ4n) is 8.79. The summed E-state index contributed by atoms with van der Waals surface area (Å²) < 4.78 is 6.81. The first-order chi connectivity index (χ1) is 29.2. The summed E-state index contributed by atoms with van der Waals surface area (Å²) in [6.07, 6.45) is 4.63. The van der Waals surface area contributed by atoms with Crippen LogP contribution < -0.4 is 25.0 Å². The molecule has 0 fully saturated rings. The first-order valence-corrected chi connectivity index (χ1v) is 20.3. The summed E-state index contributed by atoms with van der Waals surface area (Å²) in [7, 11) is 0. The van der Waals surface area contributed by atoms with Crippen molar-refractivity contribution in [2.75, 3.05) is 9.80 Å². The Kier molecular flexibility index (Phi) is 8.63. The Balaban J connectivity index is 0.921. The van der Waals surface area contributed by atoms with E-state index in [0.29, 0.717) is 0 Å². The van der Waals surface area contributed by atoms with Crippen LogP contribution >= 0.6 is 0 Å². The van der Waals surface area contributed by atoms with Crippen LogP contribution in [0.25, 0.3) is 45.2 Å². The highest BCUT2D eigenvalue weighted by molar-refractivity contribution is 5.92. The summed E-state index contributed by atoms with van der Waals surface area (Å²) in [5, 5.41) is 4.77. The Bertz CT molecular complexity index is 3060. The number of anilines is 6. The molecule has 280 valence electrons. The van der Waals surface area contributed by atoms with Gasteiger partial charge in [-0.25, -0.2) is 0 Å². The van der Waals surface area contributed by atoms with E-state index >= 15 is 0 Å². The van der Waals surface area contributed by atoms with Gasteiger partial charge in [0.2, 0.25) is 0 Å². The van der Waals surface area contributed by atoms with E-state index in [1.165, 1.54) is 43.6 Å². The topological polar surface area (TPSA) is 15.7 Å². The van der Waals surface area contributed by atoms with Crippen molar-refractivity contribution in [2.24, 2.45) is 0 Å². The van der Waals surface area contributed by atoms with Gasteiger partial charge < -0.3 is 14.5 Å². The number of nitrogens with zero attached hydrogens (tertiary/aromatic N) is 2. The minimum absolute atomic E-state index is 0.0803. The van der Waals surface area contributed by atoms with Crippen LogP contribution in [0.4, 0.5) is 34.1 Å². The number of rotatable bonds is 8. The van der Waals surface area contributed by atoms with Crippen molar-refractivity contribution in [2.45, 2.75) is 12.0 Å².